The molecule has 0 aromatic rings. The molecular weight excluding hydrogens is 190 g/mol. The number of ether oxygens (including phenoxy) is 1. The van der Waals surface area contributed by atoms with E-state index in [4.69, 9.17) is 9.84 Å². The Labute approximate surface area is 94.4 Å². The van der Waals surface area contributed by atoms with Crippen molar-refractivity contribution in [3.8, 4) is 0 Å². The quantitative estimate of drug-likeness (QED) is 0.537. The number of unbranched alkanes of at least 4 members (excludes halogenated alkanes) is 2. The summed E-state index contributed by atoms with van der Waals surface area (Å²) in [6, 6.07) is 0. The second-order valence-electron chi connectivity index (χ2n) is 3.97. The predicted octanol–water partition coefficient (Wildman–Crippen LogP) is 1.90. The average molecular weight is 217 g/mol. The molecule has 0 rings (SSSR count). The summed E-state index contributed by atoms with van der Waals surface area (Å²) in [5.74, 6) is 0. The number of methoxy groups -OCH3 is 1. The van der Waals surface area contributed by atoms with Gasteiger partial charge in [-0.1, -0.05) is 6.92 Å². The first-order valence-corrected chi connectivity index (χ1v) is 6.17. The monoisotopic (exact) mass is 217 g/mol. The van der Waals surface area contributed by atoms with Crippen molar-refractivity contribution in [2.75, 3.05) is 40.0 Å². The summed E-state index contributed by atoms with van der Waals surface area (Å²) in [7, 11) is 1.76. The number of aliphatic hydroxyl groups excluding tert-OH is 1. The van der Waals surface area contributed by atoms with Crippen molar-refractivity contribution in [1.82, 2.24) is 4.90 Å². The van der Waals surface area contributed by atoms with Gasteiger partial charge in [0.15, 0.2) is 0 Å². The highest BCUT2D eigenvalue weighted by Crippen LogP contribution is 2.01. The summed E-state index contributed by atoms with van der Waals surface area (Å²) < 4.78 is 5.05. The number of nitrogens with zero attached hydrogens (tertiary/aromatic N) is 1. The van der Waals surface area contributed by atoms with E-state index in [1.165, 1.54) is 19.4 Å². The lowest BCUT2D eigenvalue weighted by molar-refractivity contribution is 0.170. The maximum Gasteiger partial charge on any atom is 0.0474 e. The SMILES string of the molecule is CCCN(CCCCCO)CCCOC. The van der Waals surface area contributed by atoms with Crippen molar-refractivity contribution < 1.29 is 9.84 Å². The van der Waals surface area contributed by atoms with Crippen molar-refractivity contribution >= 4 is 0 Å². The molecule has 0 aromatic heterocycles. The second kappa shape index (κ2) is 12.0. The molecule has 0 heterocycles. The van der Waals surface area contributed by atoms with Crippen LogP contribution in [0.2, 0.25) is 0 Å². The van der Waals surface area contributed by atoms with Gasteiger partial charge >= 0.3 is 0 Å². The van der Waals surface area contributed by atoms with Gasteiger partial charge in [0.2, 0.25) is 0 Å². The molecule has 0 spiro atoms. The third-order valence-corrected chi connectivity index (χ3v) is 2.50. The van der Waals surface area contributed by atoms with Crippen LogP contribution in [-0.2, 0) is 4.74 Å². The molecule has 0 aliphatic carbocycles. The van der Waals surface area contributed by atoms with Crippen LogP contribution in [0.4, 0.5) is 0 Å². The maximum atomic E-state index is 8.68. The summed E-state index contributed by atoms with van der Waals surface area (Å²) >= 11 is 0. The van der Waals surface area contributed by atoms with E-state index in [2.05, 4.69) is 11.8 Å². The van der Waals surface area contributed by atoms with Crippen LogP contribution in [0.5, 0.6) is 0 Å². The Morgan fingerprint density at radius 2 is 1.73 bits per heavy atom. The first-order chi connectivity index (χ1) is 7.35. The summed E-state index contributed by atoms with van der Waals surface area (Å²) in [4.78, 5) is 2.50. The van der Waals surface area contributed by atoms with Gasteiger partial charge in [-0.3, -0.25) is 0 Å². The average Bonchev–Trinajstić information content (AvgIpc) is 2.24. The van der Waals surface area contributed by atoms with Crippen LogP contribution in [-0.4, -0.2) is 50.0 Å². The van der Waals surface area contributed by atoms with Gasteiger partial charge in [-0.2, -0.15) is 0 Å². The lowest BCUT2D eigenvalue weighted by Crippen LogP contribution is -2.27. The van der Waals surface area contributed by atoms with Crippen LogP contribution in [0, 0.1) is 0 Å². The standard InChI is InChI=1S/C12H27NO2/c1-3-8-13(10-7-12-15-2)9-5-4-6-11-14/h14H,3-12H2,1-2H3. The number of hydrogen-bond acceptors (Lipinski definition) is 3. The molecule has 0 atom stereocenters. The van der Waals surface area contributed by atoms with Gasteiger partial charge in [-0.05, 0) is 45.2 Å². The molecule has 0 bridgehead atoms. The zero-order valence-electron chi connectivity index (χ0n) is 10.4. The molecule has 0 aliphatic rings. The summed E-state index contributed by atoms with van der Waals surface area (Å²) in [5, 5.41) is 8.68. The molecule has 0 aromatic carbocycles. The van der Waals surface area contributed by atoms with Gasteiger partial charge in [0.25, 0.3) is 0 Å². The Hall–Kier alpha value is -0.120. The first kappa shape index (κ1) is 14.9. The highest BCUT2D eigenvalue weighted by molar-refractivity contribution is 4.57. The lowest BCUT2D eigenvalue weighted by atomic mass is 10.2. The highest BCUT2D eigenvalue weighted by Gasteiger charge is 2.02. The van der Waals surface area contributed by atoms with Crippen LogP contribution in [0.3, 0.4) is 0 Å². The molecule has 15 heavy (non-hydrogen) atoms. The van der Waals surface area contributed by atoms with E-state index in [0.717, 1.165) is 39.0 Å². The van der Waals surface area contributed by atoms with Crippen molar-refractivity contribution in [3.63, 3.8) is 0 Å². The molecule has 0 fully saturated rings. The van der Waals surface area contributed by atoms with E-state index >= 15 is 0 Å². The first-order valence-electron chi connectivity index (χ1n) is 6.17. The molecule has 3 nitrogen and oxygen atoms in total. The second-order valence-corrected chi connectivity index (χ2v) is 3.97. The van der Waals surface area contributed by atoms with Crippen LogP contribution in [0.15, 0.2) is 0 Å². The molecular formula is C12H27NO2. The Balaban J connectivity index is 3.44. The van der Waals surface area contributed by atoms with Gasteiger partial charge in [0.05, 0.1) is 0 Å². The number of rotatable bonds is 11. The number of hydrogen-bond donors (Lipinski definition) is 1. The van der Waals surface area contributed by atoms with Gasteiger partial charge in [-0.25, -0.2) is 0 Å². The van der Waals surface area contributed by atoms with E-state index in [-0.39, 0.29) is 0 Å². The molecule has 92 valence electrons. The Kier molecular flexibility index (Phi) is 11.9. The molecule has 0 unspecified atom stereocenters. The summed E-state index contributed by atoms with van der Waals surface area (Å²) in [6.07, 6.45) is 5.62. The molecule has 1 N–H and O–H groups in total. The Bertz CT molecular complexity index is 120. The molecule has 0 radical (unpaired) electrons. The van der Waals surface area contributed by atoms with Gasteiger partial charge in [0, 0.05) is 26.9 Å². The minimum atomic E-state index is 0.331. The van der Waals surface area contributed by atoms with Crippen molar-refractivity contribution in [1.29, 1.82) is 0 Å². The Morgan fingerprint density at radius 1 is 1.00 bits per heavy atom. The van der Waals surface area contributed by atoms with Crippen molar-refractivity contribution in [2.24, 2.45) is 0 Å². The summed E-state index contributed by atoms with van der Waals surface area (Å²) in [5.41, 5.74) is 0. The molecule has 3 heteroatoms. The van der Waals surface area contributed by atoms with Gasteiger partial charge < -0.3 is 14.7 Å². The minimum Gasteiger partial charge on any atom is -0.396 e. The summed E-state index contributed by atoms with van der Waals surface area (Å²) in [6.45, 7) is 6.90. The van der Waals surface area contributed by atoms with E-state index in [1.54, 1.807) is 7.11 Å². The van der Waals surface area contributed by atoms with E-state index in [9.17, 15) is 0 Å². The van der Waals surface area contributed by atoms with Gasteiger partial charge in [-0.15, -0.1) is 0 Å². The van der Waals surface area contributed by atoms with Gasteiger partial charge in [0.1, 0.15) is 0 Å². The van der Waals surface area contributed by atoms with Crippen molar-refractivity contribution in [2.45, 2.75) is 39.0 Å². The molecule has 0 saturated heterocycles. The maximum absolute atomic E-state index is 8.68. The predicted molar refractivity (Wildman–Crippen MR) is 64.2 cm³/mol. The molecule has 0 saturated carbocycles. The molecule has 0 aliphatic heterocycles. The fourth-order valence-corrected chi connectivity index (χ4v) is 1.71. The van der Waals surface area contributed by atoms with E-state index < -0.39 is 0 Å². The van der Waals surface area contributed by atoms with Crippen LogP contribution in [0.25, 0.3) is 0 Å². The molecule has 0 amide bonds. The normalized spacial score (nSPS) is 11.2. The Morgan fingerprint density at radius 3 is 2.33 bits per heavy atom. The zero-order valence-corrected chi connectivity index (χ0v) is 10.4. The lowest BCUT2D eigenvalue weighted by Gasteiger charge is -2.21. The van der Waals surface area contributed by atoms with Crippen LogP contribution >= 0.6 is 0 Å². The smallest absolute Gasteiger partial charge is 0.0474 e. The minimum absolute atomic E-state index is 0.331. The van der Waals surface area contributed by atoms with E-state index in [0.29, 0.717) is 6.61 Å². The largest absolute Gasteiger partial charge is 0.396 e. The number of aliphatic hydroxyl groups is 1. The highest BCUT2D eigenvalue weighted by atomic mass is 16.5. The fraction of sp³-hybridized carbons (Fsp3) is 1.00. The third-order valence-electron chi connectivity index (χ3n) is 2.50. The third kappa shape index (κ3) is 10.2. The fourth-order valence-electron chi connectivity index (χ4n) is 1.71. The van der Waals surface area contributed by atoms with Crippen LogP contribution < -0.4 is 0 Å². The zero-order chi connectivity index (χ0) is 11.4. The topological polar surface area (TPSA) is 32.7 Å². The van der Waals surface area contributed by atoms with Crippen LogP contribution in [0.1, 0.15) is 39.0 Å². The van der Waals surface area contributed by atoms with Crippen molar-refractivity contribution in [3.05, 3.63) is 0 Å². The van der Waals surface area contributed by atoms with E-state index in [1.807, 2.05) is 0 Å².